The van der Waals surface area contributed by atoms with E-state index in [1.807, 2.05) is 0 Å². The van der Waals surface area contributed by atoms with Gasteiger partial charge in [0.05, 0.1) is 25.3 Å². The number of carbonyl (C=O) groups is 1. The van der Waals surface area contributed by atoms with Gasteiger partial charge in [0, 0.05) is 18.5 Å². The minimum atomic E-state index is -0.697. The molecule has 3 atom stereocenters. The Morgan fingerprint density at radius 1 is 1.39 bits per heavy atom. The van der Waals surface area contributed by atoms with E-state index in [2.05, 4.69) is 6.92 Å². The van der Waals surface area contributed by atoms with Crippen LogP contribution < -0.4 is 5.73 Å². The smallest absolute Gasteiger partial charge is 0.240 e. The predicted octanol–water partition coefficient (Wildman–Crippen LogP) is 1.83. The summed E-state index contributed by atoms with van der Waals surface area (Å²) >= 11 is 0. The summed E-state index contributed by atoms with van der Waals surface area (Å²) in [5.74, 6) is -0.128. The van der Waals surface area contributed by atoms with Gasteiger partial charge in [-0.3, -0.25) is 4.79 Å². The molecule has 2 N–H and O–H groups in total. The predicted molar refractivity (Wildman–Crippen MR) is 82.9 cm³/mol. The van der Waals surface area contributed by atoms with Crippen molar-refractivity contribution in [2.45, 2.75) is 38.1 Å². The average molecular weight is 322 g/mol. The second-order valence-electron chi connectivity index (χ2n) is 6.38. The number of rotatable bonds is 4. The molecule has 0 bridgehead atoms. The van der Waals surface area contributed by atoms with Crippen molar-refractivity contribution in [3.05, 3.63) is 35.6 Å². The SMILES string of the molecule is CC1CC(c2ccccc2F)N(C(=O)C(N)CC2OCCO2)C1. The molecule has 0 aromatic heterocycles. The Morgan fingerprint density at radius 2 is 2.09 bits per heavy atom. The van der Waals surface area contributed by atoms with Crippen molar-refractivity contribution in [1.29, 1.82) is 0 Å². The van der Waals surface area contributed by atoms with Gasteiger partial charge in [0.15, 0.2) is 6.29 Å². The zero-order chi connectivity index (χ0) is 16.4. The molecule has 1 amide bonds. The number of hydrogen-bond donors (Lipinski definition) is 1. The molecule has 2 aliphatic rings. The van der Waals surface area contributed by atoms with Gasteiger partial charge in [-0.1, -0.05) is 25.1 Å². The quantitative estimate of drug-likeness (QED) is 0.918. The maximum Gasteiger partial charge on any atom is 0.240 e. The zero-order valence-electron chi connectivity index (χ0n) is 13.3. The van der Waals surface area contributed by atoms with Gasteiger partial charge in [0.1, 0.15) is 5.82 Å². The Labute approximate surface area is 135 Å². The maximum absolute atomic E-state index is 14.1. The molecule has 126 valence electrons. The Bertz CT molecular complexity index is 563. The molecule has 23 heavy (non-hydrogen) atoms. The van der Waals surface area contributed by atoms with E-state index >= 15 is 0 Å². The maximum atomic E-state index is 14.1. The van der Waals surface area contributed by atoms with Crippen molar-refractivity contribution < 1.29 is 18.7 Å². The van der Waals surface area contributed by atoms with Crippen LogP contribution in [0.15, 0.2) is 24.3 Å². The molecule has 1 aromatic rings. The van der Waals surface area contributed by atoms with Gasteiger partial charge in [0.2, 0.25) is 5.91 Å². The van der Waals surface area contributed by atoms with Crippen LogP contribution in [-0.4, -0.2) is 42.9 Å². The van der Waals surface area contributed by atoms with E-state index in [4.69, 9.17) is 15.2 Å². The molecule has 6 heteroatoms. The minimum absolute atomic E-state index is 0.165. The van der Waals surface area contributed by atoms with Gasteiger partial charge in [-0.2, -0.15) is 0 Å². The first-order valence-corrected chi connectivity index (χ1v) is 8.10. The largest absolute Gasteiger partial charge is 0.350 e. The third-order valence-corrected chi connectivity index (χ3v) is 4.51. The number of benzene rings is 1. The van der Waals surface area contributed by atoms with Crippen LogP contribution in [0.2, 0.25) is 0 Å². The van der Waals surface area contributed by atoms with Gasteiger partial charge in [-0.25, -0.2) is 4.39 Å². The number of likely N-dealkylation sites (tertiary alicyclic amines) is 1. The molecule has 2 aliphatic heterocycles. The molecule has 0 saturated carbocycles. The molecular formula is C17H23FN2O3. The number of nitrogens with zero attached hydrogens (tertiary/aromatic N) is 1. The molecular weight excluding hydrogens is 299 g/mol. The molecule has 0 spiro atoms. The lowest BCUT2D eigenvalue weighted by molar-refractivity contribution is -0.136. The molecule has 1 aromatic carbocycles. The normalized spacial score (nSPS) is 26.7. The fourth-order valence-corrected chi connectivity index (χ4v) is 3.39. The molecule has 0 aliphatic carbocycles. The topological polar surface area (TPSA) is 64.8 Å². The standard InChI is InChI=1S/C17H23FN2O3/c1-11-8-15(12-4-2-3-5-13(12)18)20(10-11)17(21)14(19)9-16-22-6-7-23-16/h2-5,11,14-16H,6-10,19H2,1H3. The van der Waals surface area contributed by atoms with Gasteiger partial charge >= 0.3 is 0 Å². The van der Waals surface area contributed by atoms with Crippen LogP contribution in [0, 0.1) is 11.7 Å². The van der Waals surface area contributed by atoms with Gasteiger partial charge < -0.3 is 20.1 Å². The van der Waals surface area contributed by atoms with E-state index < -0.39 is 12.3 Å². The fraction of sp³-hybridized carbons (Fsp3) is 0.588. The summed E-state index contributed by atoms with van der Waals surface area (Å²) in [5.41, 5.74) is 6.62. The van der Waals surface area contributed by atoms with Crippen LogP contribution in [0.1, 0.15) is 31.4 Å². The number of halogens is 1. The first-order valence-electron chi connectivity index (χ1n) is 8.10. The zero-order valence-corrected chi connectivity index (χ0v) is 13.3. The van der Waals surface area contributed by atoms with E-state index in [1.54, 1.807) is 23.1 Å². The second kappa shape index (κ2) is 6.95. The lowest BCUT2D eigenvalue weighted by atomic mass is 10.00. The summed E-state index contributed by atoms with van der Waals surface area (Å²) in [7, 11) is 0. The van der Waals surface area contributed by atoms with Crippen LogP contribution in [0.4, 0.5) is 4.39 Å². The number of carbonyl (C=O) groups excluding carboxylic acids is 1. The highest BCUT2D eigenvalue weighted by Crippen LogP contribution is 2.36. The van der Waals surface area contributed by atoms with E-state index in [-0.39, 0.29) is 17.8 Å². The molecule has 2 heterocycles. The number of hydrogen-bond acceptors (Lipinski definition) is 4. The third kappa shape index (κ3) is 3.54. The molecule has 0 radical (unpaired) electrons. The summed E-state index contributed by atoms with van der Waals surface area (Å²) < 4.78 is 24.8. The van der Waals surface area contributed by atoms with E-state index in [0.717, 1.165) is 6.42 Å². The molecule has 5 nitrogen and oxygen atoms in total. The van der Waals surface area contributed by atoms with Crippen LogP contribution in [0.3, 0.4) is 0 Å². The summed E-state index contributed by atoms with van der Waals surface area (Å²) in [6.45, 7) is 3.72. The molecule has 2 fully saturated rings. The highest BCUT2D eigenvalue weighted by molar-refractivity contribution is 5.82. The molecule has 2 saturated heterocycles. The summed E-state index contributed by atoms with van der Waals surface area (Å²) in [6, 6.07) is 5.68. The lowest BCUT2D eigenvalue weighted by Gasteiger charge is -2.28. The van der Waals surface area contributed by atoms with Gasteiger partial charge in [-0.05, 0) is 18.4 Å². The highest BCUT2D eigenvalue weighted by Gasteiger charge is 2.38. The van der Waals surface area contributed by atoms with Crippen molar-refractivity contribution in [1.82, 2.24) is 4.90 Å². The van der Waals surface area contributed by atoms with Crippen LogP contribution >= 0.6 is 0 Å². The van der Waals surface area contributed by atoms with Crippen LogP contribution in [-0.2, 0) is 14.3 Å². The number of amides is 1. The van der Waals surface area contributed by atoms with Gasteiger partial charge in [0.25, 0.3) is 0 Å². The Morgan fingerprint density at radius 3 is 2.78 bits per heavy atom. The van der Waals surface area contributed by atoms with Crippen molar-refractivity contribution >= 4 is 5.91 Å². The number of nitrogens with two attached hydrogens (primary N) is 1. The van der Waals surface area contributed by atoms with Gasteiger partial charge in [-0.15, -0.1) is 0 Å². The van der Waals surface area contributed by atoms with Crippen molar-refractivity contribution in [2.75, 3.05) is 19.8 Å². The highest BCUT2D eigenvalue weighted by atomic mass is 19.1. The summed E-state index contributed by atoms with van der Waals surface area (Å²) in [5, 5.41) is 0. The molecule has 3 rings (SSSR count). The van der Waals surface area contributed by atoms with Crippen molar-refractivity contribution in [3.8, 4) is 0 Å². The van der Waals surface area contributed by atoms with Crippen LogP contribution in [0.5, 0.6) is 0 Å². The van der Waals surface area contributed by atoms with Crippen molar-refractivity contribution in [3.63, 3.8) is 0 Å². The number of ether oxygens (including phenoxy) is 2. The van der Waals surface area contributed by atoms with E-state index in [1.165, 1.54) is 6.07 Å². The second-order valence-corrected chi connectivity index (χ2v) is 6.38. The third-order valence-electron chi connectivity index (χ3n) is 4.51. The van der Waals surface area contributed by atoms with Crippen molar-refractivity contribution in [2.24, 2.45) is 11.7 Å². The first-order chi connectivity index (χ1) is 11.1. The summed E-state index contributed by atoms with van der Waals surface area (Å²) in [4.78, 5) is 14.5. The summed E-state index contributed by atoms with van der Waals surface area (Å²) in [6.07, 6.45) is 0.657. The van der Waals surface area contributed by atoms with E-state index in [0.29, 0.717) is 37.7 Å². The Balaban J connectivity index is 1.73. The molecule has 3 unspecified atom stereocenters. The Hall–Kier alpha value is -1.50. The first kappa shape index (κ1) is 16.4. The monoisotopic (exact) mass is 322 g/mol. The average Bonchev–Trinajstić information content (AvgIpc) is 3.16. The minimum Gasteiger partial charge on any atom is -0.350 e. The van der Waals surface area contributed by atoms with Crippen LogP contribution in [0.25, 0.3) is 0 Å². The Kier molecular flexibility index (Phi) is 4.94. The van der Waals surface area contributed by atoms with E-state index in [9.17, 15) is 9.18 Å². The fourth-order valence-electron chi connectivity index (χ4n) is 3.39. The lowest BCUT2D eigenvalue weighted by Crippen LogP contribution is -2.45.